The van der Waals surface area contributed by atoms with Gasteiger partial charge in [-0.2, -0.15) is 11.8 Å². The van der Waals surface area contributed by atoms with Gasteiger partial charge in [-0.25, -0.2) is 9.59 Å². The maximum atomic E-state index is 12.6. The summed E-state index contributed by atoms with van der Waals surface area (Å²) in [5.74, 6) is -0.447. The largest absolute Gasteiger partial charge is 0.467 e. The van der Waals surface area contributed by atoms with Crippen LogP contribution in [0.15, 0.2) is 30.3 Å². The molecule has 2 N–H and O–H groups in total. The number of alkyl carbamates (subject to hydrolysis) is 1. The first-order valence-electron chi connectivity index (χ1n) is 8.73. The first-order chi connectivity index (χ1) is 12.9. The highest BCUT2D eigenvalue weighted by Crippen LogP contribution is 2.07. The summed E-state index contributed by atoms with van der Waals surface area (Å²) in [6, 6.07) is 7.68. The van der Waals surface area contributed by atoms with Crippen LogP contribution in [0.25, 0.3) is 0 Å². The molecule has 0 unspecified atom stereocenters. The molecule has 0 saturated carbocycles. The van der Waals surface area contributed by atoms with E-state index in [1.165, 1.54) is 7.11 Å². The third kappa shape index (κ3) is 8.34. The summed E-state index contributed by atoms with van der Waals surface area (Å²) in [6.07, 6.45) is 1.67. The van der Waals surface area contributed by atoms with Crippen LogP contribution in [0.1, 0.15) is 25.8 Å². The molecule has 0 heterocycles. The molecule has 2 atom stereocenters. The summed E-state index contributed by atoms with van der Waals surface area (Å²) in [7, 11) is 1.28. The summed E-state index contributed by atoms with van der Waals surface area (Å²) < 4.78 is 9.92. The van der Waals surface area contributed by atoms with Crippen molar-refractivity contribution in [2.24, 2.45) is 5.92 Å². The number of carbonyl (C=O) groups is 3. The van der Waals surface area contributed by atoms with Crippen molar-refractivity contribution in [3.8, 4) is 0 Å². The monoisotopic (exact) mass is 396 g/mol. The summed E-state index contributed by atoms with van der Waals surface area (Å²) in [4.78, 5) is 36.5. The second kappa shape index (κ2) is 12.2. The van der Waals surface area contributed by atoms with Crippen molar-refractivity contribution in [1.29, 1.82) is 0 Å². The van der Waals surface area contributed by atoms with E-state index < -0.39 is 30.1 Å². The molecule has 27 heavy (non-hydrogen) atoms. The Bertz CT molecular complexity index is 609. The van der Waals surface area contributed by atoms with Crippen LogP contribution in [0, 0.1) is 5.92 Å². The minimum Gasteiger partial charge on any atom is -0.467 e. The van der Waals surface area contributed by atoms with Crippen molar-refractivity contribution in [1.82, 2.24) is 10.6 Å². The smallest absolute Gasteiger partial charge is 0.408 e. The Morgan fingerprint density at radius 1 is 1.11 bits per heavy atom. The van der Waals surface area contributed by atoms with Crippen molar-refractivity contribution < 1.29 is 23.9 Å². The van der Waals surface area contributed by atoms with Crippen molar-refractivity contribution in [2.45, 2.75) is 39.0 Å². The topological polar surface area (TPSA) is 93.7 Å². The molecule has 0 aliphatic rings. The van der Waals surface area contributed by atoms with Gasteiger partial charge in [0.25, 0.3) is 0 Å². The molecule has 1 aromatic carbocycles. The molecule has 0 bridgehead atoms. The zero-order valence-corrected chi connectivity index (χ0v) is 17.0. The minimum absolute atomic E-state index is 0.109. The van der Waals surface area contributed by atoms with Gasteiger partial charge in [0.1, 0.15) is 18.7 Å². The van der Waals surface area contributed by atoms with Crippen molar-refractivity contribution >= 4 is 29.7 Å². The van der Waals surface area contributed by atoms with Crippen molar-refractivity contribution in [3.05, 3.63) is 35.9 Å². The molecule has 0 saturated heterocycles. The van der Waals surface area contributed by atoms with E-state index in [9.17, 15) is 14.4 Å². The second-order valence-corrected chi connectivity index (χ2v) is 7.28. The van der Waals surface area contributed by atoms with Gasteiger partial charge in [-0.3, -0.25) is 4.79 Å². The van der Waals surface area contributed by atoms with Crippen molar-refractivity contribution in [2.75, 3.05) is 19.1 Å². The lowest BCUT2D eigenvalue weighted by Crippen LogP contribution is -2.54. The van der Waals surface area contributed by atoms with Crippen LogP contribution in [0.5, 0.6) is 0 Å². The summed E-state index contributed by atoms with van der Waals surface area (Å²) in [6.45, 7) is 3.71. The van der Waals surface area contributed by atoms with E-state index in [4.69, 9.17) is 9.47 Å². The fourth-order valence-corrected chi connectivity index (χ4v) is 2.79. The third-order valence-electron chi connectivity index (χ3n) is 3.85. The Morgan fingerprint density at radius 2 is 1.78 bits per heavy atom. The number of nitrogens with one attached hydrogen (secondary N) is 2. The molecule has 2 amide bonds. The van der Waals surface area contributed by atoms with Gasteiger partial charge in [-0.1, -0.05) is 44.2 Å². The lowest BCUT2D eigenvalue weighted by atomic mass is 10.0. The minimum atomic E-state index is -0.824. The van der Waals surface area contributed by atoms with Crippen LogP contribution < -0.4 is 10.6 Å². The lowest BCUT2D eigenvalue weighted by molar-refractivity contribution is -0.145. The molecule has 0 aromatic heterocycles. The van der Waals surface area contributed by atoms with Crippen LogP contribution in [-0.2, 0) is 25.7 Å². The Hall–Kier alpha value is -2.22. The quantitative estimate of drug-likeness (QED) is 0.590. The van der Waals surface area contributed by atoms with Gasteiger partial charge in [0.2, 0.25) is 5.91 Å². The Labute approximate surface area is 164 Å². The molecule has 0 radical (unpaired) electrons. The number of rotatable bonds is 10. The van der Waals surface area contributed by atoms with E-state index >= 15 is 0 Å². The van der Waals surface area contributed by atoms with E-state index in [-0.39, 0.29) is 12.5 Å². The van der Waals surface area contributed by atoms with Crippen LogP contribution in [0.3, 0.4) is 0 Å². The second-order valence-electron chi connectivity index (χ2n) is 6.29. The van der Waals surface area contributed by atoms with E-state index in [1.54, 1.807) is 25.6 Å². The van der Waals surface area contributed by atoms with E-state index in [1.807, 2.05) is 36.6 Å². The van der Waals surface area contributed by atoms with Gasteiger partial charge < -0.3 is 20.1 Å². The van der Waals surface area contributed by atoms with E-state index in [0.717, 1.165) is 5.56 Å². The number of hydrogen-bond donors (Lipinski definition) is 2. The highest BCUT2D eigenvalue weighted by Gasteiger charge is 2.29. The number of carbonyl (C=O) groups excluding carboxylic acids is 3. The molecule has 0 fully saturated rings. The van der Waals surface area contributed by atoms with Crippen molar-refractivity contribution in [3.63, 3.8) is 0 Å². The maximum Gasteiger partial charge on any atom is 0.408 e. The number of ether oxygens (including phenoxy) is 2. The van der Waals surface area contributed by atoms with Gasteiger partial charge in [-0.15, -0.1) is 0 Å². The fraction of sp³-hybridized carbons (Fsp3) is 0.526. The predicted octanol–water partition coefficient (Wildman–Crippen LogP) is 2.35. The summed E-state index contributed by atoms with van der Waals surface area (Å²) >= 11 is 1.57. The molecular weight excluding hydrogens is 368 g/mol. The average Bonchev–Trinajstić information content (AvgIpc) is 2.67. The third-order valence-corrected chi connectivity index (χ3v) is 4.49. The van der Waals surface area contributed by atoms with E-state index in [0.29, 0.717) is 12.2 Å². The Morgan fingerprint density at radius 3 is 2.33 bits per heavy atom. The normalized spacial score (nSPS) is 12.8. The standard InChI is InChI=1S/C19H28N2O5S/c1-13(2)16(17(22)20-15(10-11-27-4)18(23)25-3)21-19(24)26-12-14-8-6-5-7-9-14/h5-9,13,15-16H,10-12H2,1-4H3,(H,20,22)(H,21,24)/t15-,16-/m0/s1. The summed E-state index contributed by atoms with van der Waals surface area (Å²) in [5.41, 5.74) is 0.848. The highest BCUT2D eigenvalue weighted by atomic mass is 32.2. The predicted molar refractivity (Wildman–Crippen MR) is 105 cm³/mol. The maximum absolute atomic E-state index is 12.6. The zero-order chi connectivity index (χ0) is 20.2. The van der Waals surface area contributed by atoms with Crippen LogP contribution in [-0.4, -0.2) is 49.2 Å². The van der Waals surface area contributed by atoms with Gasteiger partial charge in [0.05, 0.1) is 7.11 Å². The Kier molecular flexibility index (Phi) is 10.3. The number of esters is 1. The molecule has 0 aliphatic heterocycles. The van der Waals surface area contributed by atoms with Crippen LogP contribution >= 0.6 is 11.8 Å². The van der Waals surface area contributed by atoms with Gasteiger partial charge in [0.15, 0.2) is 0 Å². The number of amides is 2. The lowest BCUT2D eigenvalue weighted by Gasteiger charge is -2.24. The Balaban J connectivity index is 2.65. The van der Waals surface area contributed by atoms with E-state index in [2.05, 4.69) is 10.6 Å². The summed E-state index contributed by atoms with van der Waals surface area (Å²) in [5, 5.41) is 5.24. The van der Waals surface area contributed by atoms with Gasteiger partial charge in [-0.05, 0) is 29.9 Å². The molecule has 150 valence electrons. The fourth-order valence-electron chi connectivity index (χ4n) is 2.32. The van der Waals surface area contributed by atoms with Crippen LogP contribution in [0.2, 0.25) is 0 Å². The number of methoxy groups -OCH3 is 1. The molecular formula is C19H28N2O5S. The SMILES string of the molecule is COC(=O)[C@H](CCSC)NC(=O)[C@@H](NC(=O)OCc1ccccc1)C(C)C. The molecule has 1 aromatic rings. The average molecular weight is 397 g/mol. The first-order valence-corrected chi connectivity index (χ1v) is 10.1. The molecule has 1 rings (SSSR count). The van der Waals surface area contributed by atoms with Gasteiger partial charge in [0, 0.05) is 0 Å². The highest BCUT2D eigenvalue weighted by molar-refractivity contribution is 7.98. The molecule has 0 aliphatic carbocycles. The number of benzene rings is 1. The molecule has 0 spiro atoms. The molecule has 8 heteroatoms. The first kappa shape index (κ1) is 22.8. The number of hydrogen-bond acceptors (Lipinski definition) is 6. The van der Waals surface area contributed by atoms with Gasteiger partial charge >= 0.3 is 12.1 Å². The molecule has 7 nitrogen and oxygen atoms in total. The van der Waals surface area contributed by atoms with Crippen LogP contribution in [0.4, 0.5) is 4.79 Å². The zero-order valence-electron chi connectivity index (χ0n) is 16.2. The number of thioether (sulfide) groups is 1.